The number of likely N-dealkylation sites (tertiary alicyclic amines) is 2. The lowest BCUT2D eigenvalue weighted by molar-refractivity contribution is -0.136. The zero-order chi connectivity index (χ0) is 23.0. The summed E-state index contributed by atoms with van der Waals surface area (Å²) in [6.45, 7) is 6.24. The maximum absolute atomic E-state index is 13.9. The lowest BCUT2D eigenvalue weighted by atomic mass is 9.75. The van der Waals surface area contributed by atoms with Crippen LogP contribution in [0.3, 0.4) is 0 Å². The fourth-order valence-corrected chi connectivity index (χ4v) is 5.12. The number of nitrogens with zero attached hydrogens (tertiary/aromatic N) is 6. The summed E-state index contributed by atoms with van der Waals surface area (Å²) in [6.07, 6.45) is 11.3. The van der Waals surface area contributed by atoms with Gasteiger partial charge in [0.05, 0.1) is 23.0 Å². The second-order valence-corrected chi connectivity index (χ2v) is 9.31. The van der Waals surface area contributed by atoms with E-state index in [4.69, 9.17) is 0 Å². The highest BCUT2D eigenvalue weighted by atomic mass is 16.2. The maximum atomic E-state index is 13.9. The van der Waals surface area contributed by atoms with E-state index in [1.807, 2.05) is 34.5 Å². The van der Waals surface area contributed by atoms with Gasteiger partial charge in [0.1, 0.15) is 0 Å². The molecular weight excluding hydrogens is 416 g/mol. The predicted molar refractivity (Wildman–Crippen MR) is 122 cm³/mol. The highest BCUT2D eigenvalue weighted by molar-refractivity contribution is 5.96. The van der Waals surface area contributed by atoms with Crippen molar-refractivity contribution in [3.05, 3.63) is 78.4 Å². The summed E-state index contributed by atoms with van der Waals surface area (Å²) >= 11 is 0. The van der Waals surface area contributed by atoms with Crippen LogP contribution in [0.1, 0.15) is 53.8 Å². The zero-order valence-electron chi connectivity index (χ0n) is 19.0. The van der Waals surface area contributed by atoms with E-state index in [9.17, 15) is 9.59 Å². The molecule has 2 saturated heterocycles. The van der Waals surface area contributed by atoms with Crippen LogP contribution in [0.2, 0.25) is 0 Å². The summed E-state index contributed by atoms with van der Waals surface area (Å²) in [4.78, 5) is 43.8. The van der Waals surface area contributed by atoms with Crippen molar-refractivity contribution in [3.8, 4) is 0 Å². The molecule has 0 aromatic carbocycles. The second-order valence-electron chi connectivity index (χ2n) is 9.31. The van der Waals surface area contributed by atoms with Crippen molar-refractivity contribution in [1.82, 2.24) is 29.3 Å². The SMILES string of the molecule is CC(C)n1cnc([C@H]2CN(C(=O)c3cccnc3)C[C@@]23CCN(Cc2cccnc2)C3=O)c1. The standard InChI is InChI=1S/C25H28N6O2/c1-18(2)31-15-22(28-17-31)21-14-30(23(32)20-6-4-9-27-12-20)16-25(21)7-10-29(24(25)33)13-19-5-3-8-26-11-19/h3-6,8-9,11-12,15,17-18,21H,7,10,13-14,16H2,1-2H3/t21-,25+/m1/s1. The Kier molecular flexibility index (Phi) is 5.44. The number of carbonyl (C=O) groups excluding carboxylic acids is 2. The van der Waals surface area contributed by atoms with Gasteiger partial charge in [0.2, 0.25) is 5.91 Å². The van der Waals surface area contributed by atoms with Crippen LogP contribution < -0.4 is 0 Å². The van der Waals surface area contributed by atoms with E-state index in [0.717, 1.165) is 11.3 Å². The summed E-state index contributed by atoms with van der Waals surface area (Å²) in [6, 6.07) is 7.68. The van der Waals surface area contributed by atoms with E-state index in [-0.39, 0.29) is 23.8 Å². The second kappa shape index (κ2) is 8.42. The Morgan fingerprint density at radius 3 is 2.64 bits per heavy atom. The smallest absolute Gasteiger partial charge is 0.255 e. The molecule has 33 heavy (non-hydrogen) atoms. The van der Waals surface area contributed by atoms with Crippen LogP contribution in [-0.2, 0) is 11.3 Å². The van der Waals surface area contributed by atoms with E-state index in [1.165, 1.54) is 0 Å². The quantitative estimate of drug-likeness (QED) is 0.604. The van der Waals surface area contributed by atoms with Crippen molar-refractivity contribution >= 4 is 11.8 Å². The summed E-state index contributed by atoms with van der Waals surface area (Å²) in [5, 5.41) is 0. The molecule has 2 amide bonds. The number of rotatable bonds is 5. The Hall–Kier alpha value is -3.55. The highest BCUT2D eigenvalue weighted by Crippen LogP contribution is 2.50. The van der Waals surface area contributed by atoms with Gasteiger partial charge < -0.3 is 14.4 Å². The highest BCUT2D eigenvalue weighted by Gasteiger charge is 2.58. The van der Waals surface area contributed by atoms with Gasteiger partial charge in [-0.2, -0.15) is 0 Å². The molecule has 0 bridgehead atoms. The summed E-state index contributed by atoms with van der Waals surface area (Å²) in [7, 11) is 0. The van der Waals surface area contributed by atoms with Crippen LogP contribution >= 0.6 is 0 Å². The summed E-state index contributed by atoms with van der Waals surface area (Å²) in [5.41, 5.74) is 1.75. The summed E-state index contributed by atoms with van der Waals surface area (Å²) < 4.78 is 2.06. The monoisotopic (exact) mass is 444 g/mol. The molecule has 5 rings (SSSR count). The van der Waals surface area contributed by atoms with E-state index in [0.29, 0.717) is 38.2 Å². The molecule has 0 N–H and O–H groups in total. The number of pyridine rings is 2. The van der Waals surface area contributed by atoms with Crippen molar-refractivity contribution in [2.75, 3.05) is 19.6 Å². The first-order valence-corrected chi connectivity index (χ1v) is 11.4. The fourth-order valence-electron chi connectivity index (χ4n) is 5.12. The molecule has 170 valence electrons. The lowest BCUT2D eigenvalue weighted by Gasteiger charge is -2.27. The first-order chi connectivity index (χ1) is 16.0. The minimum atomic E-state index is -0.670. The number of amides is 2. The third kappa shape index (κ3) is 3.79. The van der Waals surface area contributed by atoms with Crippen molar-refractivity contribution in [2.24, 2.45) is 5.41 Å². The number of aromatic nitrogens is 4. The lowest BCUT2D eigenvalue weighted by Crippen LogP contribution is -2.40. The van der Waals surface area contributed by atoms with Crippen molar-refractivity contribution in [1.29, 1.82) is 0 Å². The van der Waals surface area contributed by atoms with E-state index < -0.39 is 5.41 Å². The van der Waals surface area contributed by atoms with Gasteiger partial charge in [-0.1, -0.05) is 6.07 Å². The molecule has 0 aliphatic carbocycles. The zero-order valence-corrected chi connectivity index (χ0v) is 19.0. The van der Waals surface area contributed by atoms with Gasteiger partial charge in [-0.25, -0.2) is 4.98 Å². The Morgan fingerprint density at radius 2 is 1.97 bits per heavy atom. The molecule has 3 aromatic rings. The van der Waals surface area contributed by atoms with Gasteiger partial charge in [-0.05, 0) is 44.0 Å². The van der Waals surface area contributed by atoms with Gasteiger partial charge in [0.15, 0.2) is 0 Å². The predicted octanol–water partition coefficient (Wildman–Crippen LogP) is 2.91. The van der Waals surface area contributed by atoms with Crippen LogP contribution in [0.5, 0.6) is 0 Å². The van der Waals surface area contributed by atoms with Gasteiger partial charge >= 0.3 is 0 Å². The Bertz CT molecular complexity index is 1150. The molecule has 2 fully saturated rings. The van der Waals surface area contributed by atoms with Gasteiger partial charge in [-0.15, -0.1) is 0 Å². The van der Waals surface area contributed by atoms with Gasteiger partial charge in [0, 0.05) is 69.1 Å². The first-order valence-electron chi connectivity index (χ1n) is 11.4. The molecule has 3 aromatic heterocycles. The van der Waals surface area contributed by atoms with Crippen LogP contribution in [0.4, 0.5) is 0 Å². The number of imidazole rings is 1. The third-order valence-electron chi connectivity index (χ3n) is 6.95. The molecule has 2 aliphatic rings. The van der Waals surface area contributed by atoms with Crippen LogP contribution in [0, 0.1) is 5.41 Å². The van der Waals surface area contributed by atoms with Crippen LogP contribution in [0.25, 0.3) is 0 Å². The van der Waals surface area contributed by atoms with Gasteiger partial charge in [0.25, 0.3) is 5.91 Å². The van der Waals surface area contributed by atoms with Crippen LogP contribution in [0.15, 0.2) is 61.6 Å². The van der Waals surface area contributed by atoms with E-state index in [2.05, 4.69) is 33.4 Å². The minimum Gasteiger partial charge on any atom is -0.338 e. The average Bonchev–Trinajstić information content (AvgIpc) is 3.55. The van der Waals surface area contributed by atoms with Crippen molar-refractivity contribution < 1.29 is 9.59 Å². The molecule has 0 radical (unpaired) electrons. The Balaban J connectivity index is 1.47. The Morgan fingerprint density at radius 1 is 1.18 bits per heavy atom. The molecule has 5 heterocycles. The van der Waals surface area contributed by atoms with Crippen LogP contribution in [-0.4, -0.2) is 60.8 Å². The molecule has 0 unspecified atom stereocenters. The average molecular weight is 445 g/mol. The Labute approximate surface area is 193 Å². The normalized spacial score (nSPS) is 22.6. The number of hydrogen-bond acceptors (Lipinski definition) is 5. The molecule has 8 heteroatoms. The first kappa shape index (κ1) is 21.3. The van der Waals surface area contributed by atoms with E-state index >= 15 is 0 Å². The maximum Gasteiger partial charge on any atom is 0.255 e. The summed E-state index contributed by atoms with van der Waals surface area (Å²) in [5.74, 6) is -0.145. The molecular formula is C25H28N6O2. The molecule has 0 saturated carbocycles. The fraction of sp³-hybridized carbons (Fsp3) is 0.400. The molecule has 2 aliphatic heterocycles. The third-order valence-corrected chi connectivity index (χ3v) is 6.95. The van der Waals surface area contributed by atoms with Gasteiger partial charge in [-0.3, -0.25) is 19.6 Å². The van der Waals surface area contributed by atoms with Crippen molar-refractivity contribution in [3.63, 3.8) is 0 Å². The minimum absolute atomic E-state index is 0.0909. The largest absolute Gasteiger partial charge is 0.338 e. The molecule has 8 nitrogen and oxygen atoms in total. The number of hydrogen-bond donors (Lipinski definition) is 0. The van der Waals surface area contributed by atoms with E-state index in [1.54, 1.807) is 36.9 Å². The molecule has 2 atom stereocenters. The molecule has 1 spiro atoms. The van der Waals surface area contributed by atoms with Crippen molar-refractivity contribution in [2.45, 2.75) is 38.8 Å². The number of carbonyl (C=O) groups is 2. The topological polar surface area (TPSA) is 84.2 Å².